The lowest BCUT2D eigenvalue weighted by Crippen LogP contribution is -2.38. The molecule has 0 bridgehead atoms. The number of nitrogens with zero attached hydrogens (tertiary/aromatic N) is 4. The van der Waals surface area contributed by atoms with Gasteiger partial charge in [-0.2, -0.15) is 0 Å². The third-order valence-electron chi connectivity index (χ3n) is 6.96. The quantitative estimate of drug-likeness (QED) is 0.536. The highest BCUT2D eigenvalue weighted by Crippen LogP contribution is 2.43. The van der Waals surface area contributed by atoms with Gasteiger partial charge in [-0.05, 0) is 67.5 Å². The molecule has 148 valence electrons. The van der Waals surface area contributed by atoms with Crippen LogP contribution in [0.1, 0.15) is 60.5 Å². The molecular weight excluding hydrogens is 380 g/mol. The number of piperidine rings is 1. The molecular formula is C24H25ClN4. The van der Waals surface area contributed by atoms with Crippen molar-refractivity contribution in [2.24, 2.45) is 0 Å². The fourth-order valence-corrected chi connectivity index (χ4v) is 5.83. The summed E-state index contributed by atoms with van der Waals surface area (Å²) in [6.07, 6.45) is 16.5. The van der Waals surface area contributed by atoms with Gasteiger partial charge in [0.25, 0.3) is 0 Å². The van der Waals surface area contributed by atoms with E-state index in [-0.39, 0.29) is 0 Å². The van der Waals surface area contributed by atoms with Gasteiger partial charge >= 0.3 is 0 Å². The van der Waals surface area contributed by atoms with Crippen molar-refractivity contribution in [1.29, 1.82) is 0 Å². The van der Waals surface area contributed by atoms with Crippen molar-refractivity contribution in [1.82, 2.24) is 19.4 Å². The Labute approximate surface area is 176 Å². The van der Waals surface area contributed by atoms with Crippen molar-refractivity contribution in [3.8, 4) is 0 Å². The summed E-state index contributed by atoms with van der Waals surface area (Å²) >= 11 is 6.40. The van der Waals surface area contributed by atoms with Gasteiger partial charge in [0.05, 0.1) is 5.02 Å². The first-order valence-electron chi connectivity index (χ1n) is 10.9. The number of hydrogen-bond acceptors (Lipinski definition) is 3. The largest absolute Gasteiger partial charge is 0.304 e. The lowest BCUT2D eigenvalue weighted by Gasteiger charge is -2.39. The number of rotatable bonds is 1. The normalized spacial score (nSPS) is 23.1. The van der Waals surface area contributed by atoms with Crippen molar-refractivity contribution in [3.63, 3.8) is 0 Å². The molecule has 1 saturated heterocycles. The van der Waals surface area contributed by atoms with Crippen molar-refractivity contribution in [2.75, 3.05) is 13.1 Å². The first-order valence-corrected chi connectivity index (χ1v) is 11.2. The van der Waals surface area contributed by atoms with Gasteiger partial charge in [-0.3, -0.25) is 9.88 Å². The number of aromatic nitrogens is 3. The number of fused-ring (bicyclic) bond motifs is 6. The molecule has 3 aromatic rings. The Hall–Kier alpha value is -2.17. The van der Waals surface area contributed by atoms with E-state index in [0.29, 0.717) is 6.04 Å². The van der Waals surface area contributed by atoms with Crippen LogP contribution in [0.5, 0.6) is 0 Å². The summed E-state index contributed by atoms with van der Waals surface area (Å²) in [5, 5.41) is 1.97. The molecule has 29 heavy (non-hydrogen) atoms. The van der Waals surface area contributed by atoms with Crippen molar-refractivity contribution in [2.45, 2.75) is 51.0 Å². The molecule has 1 atom stereocenters. The third-order valence-corrected chi connectivity index (χ3v) is 7.17. The number of hydrogen-bond donors (Lipinski definition) is 0. The van der Waals surface area contributed by atoms with Crippen LogP contribution in [0.3, 0.4) is 0 Å². The summed E-state index contributed by atoms with van der Waals surface area (Å²) < 4.78 is 2.39. The van der Waals surface area contributed by atoms with E-state index in [4.69, 9.17) is 16.6 Å². The molecule has 0 aromatic carbocycles. The molecule has 3 aliphatic rings. The molecule has 2 aliphatic heterocycles. The van der Waals surface area contributed by atoms with E-state index in [2.05, 4.69) is 32.8 Å². The second-order valence-corrected chi connectivity index (χ2v) is 9.03. The SMILES string of the molecule is Clc1cnc2c(c1)c1c(n2C=C2CCCc3cnccc32)CCN2CCCCC12. The maximum absolute atomic E-state index is 6.40. The summed E-state index contributed by atoms with van der Waals surface area (Å²) in [5.41, 5.74) is 8.09. The molecule has 5 heterocycles. The number of pyridine rings is 2. The molecule has 0 N–H and O–H groups in total. The second kappa shape index (κ2) is 6.96. The van der Waals surface area contributed by atoms with Gasteiger partial charge in [-0.15, -0.1) is 0 Å². The summed E-state index contributed by atoms with van der Waals surface area (Å²) in [6, 6.07) is 4.82. The molecule has 1 aliphatic carbocycles. The van der Waals surface area contributed by atoms with E-state index >= 15 is 0 Å². The van der Waals surface area contributed by atoms with E-state index < -0.39 is 0 Å². The van der Waals surface area contributed by atoms with E-state index in [1.807, 2.05) is 12.4 Å². The van der Waals surface area contributed by atoms with Gasteiger partial charge in [-0.25, -0.2) is 4.98 Å². The fourth-order valence-electron chi connectivity index (χ4n) is 5.67. The lowest BCUT2D eigenvalue weighted by molar-refractivity contribution is 0.139. The second-order valence-electron chi connectivity index (χ2n) is 8.59. The Morgan fingerprint density at radius 1 is 1.07 bits per heavy atom. The Kier molecular flexibility index (Phi) is 4.24. The Bertz CT molecular complexity index is 1130. The van der Waals surface area contributed by atoms with Crippen LogP contribution in [-0.2, 0) is 12.8 Å². The number of halogens is 1. The van der Waals surface area contributed by atoms with E-state index in [9.17, 15) is 0 Å². The zero-order valence-electron chi connectivity index (χ0n) is 16.6. The van der Waals surface area contributed by atoms with Crippen LogP contribution in [0.15, 0.2) is 30.7 Å². The fraction of sp³-hybridized carbons (Fsp3) is 0.417. The minimum atomic E-state index is 0.512. The highest BCUT2D eigenvalue weighted by Gasteiger charge is 2.34. The van der Waals surface area contributed by atoms with E-state index in [1.54, 1.807) is 6.20 Å². The molecule has 6 rings (SSSR count). The molecule has 0 saturated carbocycles. The zero-order chi connectivity index (χ0) is 19.4. The van der Waals surface area contributed by atoms with Gasteiger partial charge in [0.1, 0.15) is 5.65 Å². The first kappa shape index (κ1) is 17.7. The predicted molar refractivity (Wildman–Crippen MR) is 118 cm³/mol. The minimum Gasteiger partial charge on any atom is -0.304 e. The Balaban J connectivity index is 1.57. The van der Waals surface area contributed by atoms with Crippen LogP contribution in [0.2, 0.25) is 5.02 Å². The van der Waals surface area contributed by atoms with Crippen LogP contribution in [0.25, 0.3) is 22.8 Å². The summed E-state index contributed by atoms with van der Waals surface area (Å²) in [6.45, 7) is 2.36. The summed E-state index contributed by atoms with van der Waals surface area (Å²) in [7, 11) is 0. The predicted octanol–water partition coefficient (Wildman–Crippen LogP) is 5.50. The highest BCUT2D eigenvalue weighted by molar-refractivity contribution is 6.31. The smallest absolute Gasteiger partial charge is 0.144 e. The number of aryl methyl sites for hydroxylation is 1. The van der Waals surface area contributed by atoms with Crippen LogP contribution in [-0.4, -0.2) is 32.5 Å². The van der Waals surface area contributed by atoms with Gasteiger partial charge in [0.2, 0.25) is 0 Å². The average molecular weight is 405 g/mol. The van der Waals surface area contributed by atoms with Gasteiger partial charge in [0.15, 0.2) is 0 Å². The van der Waals surface area contributed by atoms with Gasteiger partial charge in [0, 0.05) is 60.4 Å². The third kappa shape index (κ3) is 2.84. The van der Waals surface area contributed by atoms with Crippen molar-refractivity contribution < 1.29 is 0 Å². The highest BCUT2D eigenvalue weighted by atomic mass is 35.5. The monoisotopic (exact) mass is 404 g/mol. The van der Waals surface area contributed by atoms with Crippen LogP contribution >= 0.6 is 11.6 Å². The lowest BCUT2D eigenvalue weighted by atomic mass is 9.88. The number of allylic oxidation sites excluding steroid dienone is 1. The van der Waals surface area contributed by atoms with E-state index in [1.165, 1.54) is 65.6 Å². The standard InChI is InChI=1S/C24H25ClN4/c25-18-12-20-23-21-6-1-2-10-28(21)11-8-22(23)29(24(20)27-14-18)15-17-5-3-4-16-13-26-9-7-19(16)17/h7,9,12-15,21H,1-6,8,10-11H2. The first-order chi connectivity index (χ1) is 14.3. The molecule has 5 heteroatoms. The van der Waals surface area contributed by atoms with Crippen LogP contribution < -0.4 is 0 Å². The van der Waals surface area contributed by atoms with Crippen LogP contribution in [0, 0.1) is 0 Å². The van der Waals surface area contributed by atoms with Crippen molar-refractivity contribution in [3.05, 3.63) is 58.1 Å². The topological polar surface area (TPSA) is 34.0 Å². The van der Waals surface area contributed by atoms with Gasteiger partial charge in [-0.1, -0.05) is 18.0 Å². The molecule has 3 aromatic heterocycles. The molecule has 0 spiro atoms. The van der Waals surface area contributed by atoms with Crippen molar-refractivity contribution >= 4 is 34.4 Å². The van der Waals surface area contributed by atoms with E-state index in [0.717, 1.165) is 36.5 Å². The maximum atomic E-state index is 6.40. The van der Waals surface area contributed by atoms with Crippen LogP contribution in [0.4, 0.5) is 0 Å². The molecule has 1 fully saturated rings. The minimum absolute atomic E-state index is 0.512. The molecule has 4 nitrogen and oxygen atoms in total. The zero-order valence-corrected chi connectivity index (χ0v) is 17.3. The molecule has 0 amide bonds. The molecule has 1 unspecified atom stereocenters. The maximum Gasteiger partial charge on any atom is 0.144 e. The molecule has 0 radical (unpaired) electrons. The Morgan fingerprint density at radius 3 is 3.00 bits per heavy atom. The Morgan fingerprint density at radius 2 is 2.03 bits per heavy atom. The average Bonchev–Trinajstić information content (AvgIpc) is 3.07. The summed E-state index contributed by atoms with van der Waals surface area (Å²) in [4.78, 5) is 11.8. The summed E-state index contributed by atoms with van der Waals surface area (Å²) in [5.74, 6) is 0. The van der Waals surface area contributed by atoms with Gasteiger partial charge < -0.3 is 4.57 Å².